The van der Waals surface area contributed by atoms with Gasteiger partial charge in [-0.05, 0) is 42.8 Å². The SMILES string of the molecule is COc1ccc(O)c(NS(=O)(=O)c2ccc(C(=O)O)cc2C)c1. The van der Waals surface area contributed by atoms with Gasteiger partial charge in [-0.25, -0.2) is 13.2 Å². The fourth-order valence-corrected chi connectivity index (χ4v) is 3.30. The number of aromatic carboxylic acids is 1. The van der Waals surface area contributed by atoms with Gasteiger partial charge in [0.1, 0.15) is 11.5 Å². The Morgan fingerprint density at radius 2 is 1.87 bits per heavy atom. The molecule has 23 heavy (non-hydrogen) atoms. The van der Waals surface area contributed by atoms with Crippen molar-refractivity contribution in [1.82, 2.24) is 0 Å². The number of phenolic OH excluding ortho intramolecular Hbond substituents is 1. The van der Waals surface area contributed by atoms with Crippen LogP contribution in [0, 0.1) is 6.92 Å². The summed E-state index contributed by atoms with van der Waals surface area (Å²) in [6.45, 7) is 1.49. The lowest BCUT2D eigenvalue weighted by Gasteiger charge is -2.13. The quantitative estimate of drug-likeness (QED) is 0.721. The number of sulfonamides is 1. The summed E-state index contributed by atoms with van der Waals surface area (Å²) in [6.07, 6.45) is 0. The minimum atomic E-state index is -3.99. The van der Waals surface area contributed by atoms with Gasteiger partial charge in [0.25, 0.3) is 10.0 Å². The molecule has 0 bridgehead atoms. The average molecular weight is 337 g/mol. The van der Waals surface area contributed by atoms with Crippen LogP contribution < -0.4 is 9.46 Å². The Morgan fingerprint density at radius 3 is 2.43 bits per heavy atom. The van der Waals surface area contributed by atoms with Crippen molar-refractivity contribution in [2.24, 2.45) is 0 Å². The Hall–Kier alpha value is -2.74. The Kier molecular flexibility index (Phi) is 4.46. The van der Waals surface area contributed by atoms with Gasteiger partial charge in [0, 0.05) is 6.07 Å². The van der Waals surface area contributed by atoms with Crippen molar-refractivity contribution in [1.29, 1.82) is 0 Å². The highest BCUT2D eigenvalue weighted by Crippen LogP contribution is 2.30. The maximum atomic E-state index is 12.4. The van der Waals surface area contributed by atoms with E-state index in [1.807, 2.05) is 0 Å². The smallest absolute Gasteiger partial charge is 0.335 e. The summed E-state index contributed by atoms with van der Waals surface area (Å²) in [5.74, 6) is -1.02. The van der Waals surface area contributed by atoms with E-state index in [9.17, 15) is 18.3 Å². The zero-order chi connectivity index (χ0) is 17.2. The fourth-order valence-electron chi connectivity index (χ4n) is 2.01. The van der Waals surface area contributed by atoms with Crippen LogP contribution in [0.15, 0.2) is 41.3 Å². The molecule has 0 aliphatic rings. The van der Waals surface area contributed by atoms with Gasteiger partial charge >= 0.3 is 5.97 Å². The molecule has 122 valence electrons. The van der Waals surface area contributed by atoms with E-state index < -0.39 is 16.0 Å². The number of benzene rings is 2. The van der Waals surface area contributed by atoms with Gasteiger partial charge in [0.05, 0.1) is 23.3 Å². The zero-order valence-corrected chi connectivity index (χ0v) is 13.2. The lowest BCUT2D eigenvalue weighted by Crippen LogP contribution is -2.15. The predicted octanol–water partition coefficient (Wildman–Crippen LogP) is 2.21. The number of hydrogen-bond donors (Lipinski definition) is 3. The molecule has 0 atom stereocenters. The average Bonchev–Trinajstić information content (AvgIpc) is 2.48. The summed E-state index contributed by atoms with van der Waals surface area (Å²) >= 11 is 0. The largest absolute Gasteiger partial charge is 0.506 e. The number of aromatic hydroxyl groups is 1. The van der Waals surface area contributed by atoms with E-state index in [-0.39, 0.29) is 27.5 Å². The second kappa shape index (κ2) is 6.17. The number of carboxylic acids is 1. The van der Waals surface area contributed by atoms with Gasteiger partial charge < -0.3 is 14.9 Å². The molecule has 0 saturated carbocycles. The van der Waals surface area contributed by atoms with Gasteiger partial charge in [-0.15, -0.1) is 0 Å². The molecule has 0 amide bonds. The first-order valence-corrected chi connectivity index (χ1v) is 7.96. The summed E-state index contributed by atoms with van der Waals surface area (Å²) in [7, 11) is -2.58. The molecule has 7 nitrogen and oxygen atoms in total. The van der Waals surface area contributed by atoms with Crippen LogP contribution in [0.2, 0.25) is 0 Å². The minimum Gasteiger partial charge on any atom is -0.506 e. The van der Waals surface area contributed by atoms with Crippen LogP contribution in [0.4, 0.5) is 5.69 Å². The number of rotatable bonds is 5. The molecule has 0 radical (unpaired) electrons. The Balaban J connectivity index is 2.42. The van der Waals surface area contributed by atoms with Crippen LogP contribution in [-0.4, -0.2) is 31.7 Å². The molecule has 0 aromatic heterocycles. The molecule has 0 saturated heterocycles. The van der Waals surface area contributed by atoms with E-state index >= 15 is 0 Å². The summed E-state index contributed by atoms with van der Waals surface area (Å²) in [5, 5.41) is 18.7. The van der Waals surface area contributed by atoms with Crippen LogP contribution in [-0.2, 0) is 10.0 Å². The van der Waals surface area contributed by atoms with Crippen molar-refractivity contribution >= 4 is 21.7 Å². The lowest BCUT2D eigenvalue weighted by molar-refractivity contribution is 0.0696. The number of carboxylic acid groups (broad SMARTS) is 1. The van der Waals surface area contributed by atoms with Crippen molar-refractivity contribution in [3.63, 3.8) is 0 Å². The van der Waals surface area contributed by atoms with E-state index in [1.54, 1.807) is 0 Å². The minimum absolute atomic E-state index is 0.00863. The second-order valence-electron chi connectivity index (χ2n) is 4.77. The molecular formula is C15H15NO6S. The van der Waals surface area contributed by atoms with Crippen molar-refractivity contribution in [2.45, 2.75) is 11.8 Å². The van der Waals surface area contributed by atoms with Crippen molar-refractivity contribution in [3.8, 4) is 11.5 Å². The van der Waals surface area contributed by atoms with E-state index in [1.165, 1.54) is 50.4 Å². The molecule has 0 aliphatic carbocycles. The third-order valence-electron chi connectivity index (χ3n) is 3.16. The highest BCUT2D eigenvalue weighted by molar-refractivity contribution is 7.92. The molecule has 8 heteroatoms. The second-order valence-corrected chi connectivity index (χ2v) is 6.42. The van der Waals surface area contributed by atoms with Crippen LogP contribution in [0.25, 0.3) is 0 Å². The van der Waals surface area contributed by atoms with Crippen molar-refractivity contribution in [2.75, 3.05) is 11.8 Å². The van der Waals surface area contributed by atoms with E-state index in [0.717, 1.165) is 0 Å². The molecule has 0 unspecified atom stereocenters. The maximum absolute atomic E-state index is 12.4. The standard InChI is InChI=1S/C15H15NO6S/c1-9-7-10(15(18)19)3-6-14(9)23(20,21)16-12-8-11(22-2)4-5-13(12)17/h3-8,16-17H,1-2H3,(H,18,19). The fraction of sp³-hybridized carbons (Fsp3) is 0.133. The third kappa shape index (κ3) is 3.54. The molecule has 2 aromatic carbocycles. The summed E-state index contributed by atoms with van der Waals surface area (Å²) in [4.78, 5) is 10.8. The van der Waals surface area contributed by atoms with Gasteiger partial charge in [-0.2, -0.15) is 0 Å². The number of carbonyl (C=O) groups is 1. The van der Waals surface area contributed by atoms with Crippen LogP contribution in [0.5, 0.6) is 11.5 Å². The number of ether oxygens (including phenoxy) is 1. The van der Waals surface area contributed by atoms with Crippen molar-refractivity contribution < 1.29 is 28.2 Å². The van der Waals surface area contributed by atoms with Gasteiger partial charge in [0.15, 0.2) is 0 Å². The van der Waals surface area contributed by atoms with Gasteiger partial charge in [-0.1, -0.05) is 0 Å². The Morgan fingerprint density at radius 1 is 1.17 bits per heavy atom. The Labute approximate surface area is 133 Å². The molecule has 0 aliphatic heterocycles. The number of methoxy groups -OCH3 is 1. The molecule has 0 fully saturated rings. The van der Waals surface area contributed by atoms with Gasteiger partial charge in [-0.3, -0.25) is 4.72 Å². The maximum Gasteiger partial charge on any atom is 0.335 e. The molecule has 3 N–H and O–H groups in total. The first kappa shape index (κ1) is 16.6. The topological polar surface area (TPSA) is 113 Å². The molecular weight excluding hydrogens is 322 g/mol. The van der Waals surface area contributed by atoms with Gasteiger partial charge in [0.2, 0.25) is 0 Å². The highest BCUT2D eigenvalue weighted by atomic mass is 32.2. The Bertz CT molecular complexity index is 860. The number of nitrogens with one attached hydrogen (secondary N) is 1. The number of phenols is 1. The monoisotopic (exact) mass is 337 g/mol. The molecule has 2 aromatic rings. The summed E-state index contributed by atoms with van der Waals surface area (Å²) in [5.41, 5.74) is 0.233. The normalized spacial score (nSPS) is 11.0. The highest BCUT2D eigenvalue weighted by Gasteiger charge is 2.20. The summed E-state index contributed by atoms with van der Waals surface area (Å²) < 4.78 is 32.1. The van der Waals surface area contributed by atoms with E-state index in [4.69, 9.17) is 9.84 Å². The first-order valence-electron chi connectivity index (χ1n) is 6.48. The van der Waals surface area contributed by atoms with Crippen molar-refractivity contribution in [3.05, 3.63) is 47.5 Å². The molecule has 0 spiro atoms. The van der Waals surface area contributed by atoms with Crippen LogP contribution >= 0.6 is 0 Å². The number of anilines is 1. The van der Waals surface area contributed by atoms with Crippen LogP contribution in [0.3, 0.4) is 0 Å². The third-order valence-corrected chi connectivity index (χ3v) is 4.69. The van der Waals surface area contributed by atoms with E-state index in [0.29, 0.717) is 5.75 Å². The van der Waals surface area contributed by atoms with Crippen LogP contribution in [0.1, 0.15) is 15.9 Å². The van der Waals surface area contributed by atoms with E-state index in [2.05, 4.69) is 4.72 Å². The first-order chi connectivity index (χ1) is 10.7. The number of aryl methyl sites for hydroxylation is 1. The molecule has 0 heterocycles. The predicted molar refractivity (Wildman–Crippen MR) is 83.6 cm³/mol. The number of hydrogen-bond acceptors (Lipinski definition) is 5. The lowest BCUT2D eigenvalue weighted by atomic mass is 10.1. The zero-order valence-electron chi connectivity index (χ0n) is 12.4. The summed E-state index contributed by atoms with van der Waals surface area (Å²) in [6, 6.07) is 7.81. The molecule has 2 rings (SSSR count).